The Morgan fingerprint density at radius 2 is 1.90 bits per heavy atom. The van der Waals surface area contributed by atoms with Crippen LogP contribution in [0.25, 0.3) is 6.08 Å². The van der Waals surface area contributed by atoms with Crippen LogP contribution < -0.4 is 9.47 Å². The van der Waals surface area contributed by atoms with E-state index in [4.69, 9.17) is 14.2 Å². The van der Waals surface area contributed by atoms with E-state index in [1.165, 1.54) is 0 Å². The number of nitrogens with zero attached hydrogens (tertiary/aromatic N) is 1. The SMILES string of the molecule is CCOc1cc(/C=C2/SC(=O)N(CC(=O)OC(C)C)C2=O)ccc1O[C@@H](C)CC. The normalized spacial score (nSPS) is 16.5. The van der Waals surface area contributed by atoms with Gasteiger partial charge in [0.05, 0.1) is 23.7 Å². The molecule has 0 aromatic heterocycles. The van der Waals surface area contributed by atoms with Gasteiger partial charge in [-0.25, -0.2) is 0 Å². The number of carbonyl (C=O) groups is 3. The van der Waals surface area contributed by atoms with E-state index < -0.39 is 23.7 Å². The second kappa shape index (κ2) is 10.3. The Hall–Kier alpha value is -2.48. The number of rotatable bonds is 9. The summed E-state index contributed by atoms with van der Waals surface area (Å²) in [7, 11) is 0. The maximum Gasteiger partial charge on any atom is 0.326 e. The van der Waals surface area contributed by atoms with Crippen LogP contribution in [0, 0.1) is 0 Å². The molecule has 29 heavy (non-hydrogen) atoms. The van der Waals surface area contributed by atoms with Gasteiger partial charge in [0.2, 0.25) is 0 Å². The standard InChI is InChI=1S/C21H27NO6S/c1-6-14(5)28-16-9-8-15(10-17(16)26-7-2)11-18-20(24)22(21(25)29-18)12-19(23)27-13(3)4/h8-11,13-14H,6-7,12H2,1-5H3/b18-11+/t14-/m0/s1. The highest BCUT2D eigenvalue weighted by Gasteiger charge is 2.36. The summed E-state index contributed by atoms with van der Waals surface area (Å²) in [6, 6.07) is 5.34. The second-order valence-corrected chi connectivity index (χ2v) is 7.78. The predicted octanol–water partition coefficient (Wildman–Crippen LogP) is 4.25. The Labute approximate surface area is 175 Å². The van der Waals surface area contributed by atoms with Crippen molar-refractivity contribution < 1.29 is 28.6 Å². The fraction of sp³-hybridized carbons (Fsp3) is 0.476. The molecule has 1 heterocycles. The van der Waals surface area contributed by atoms with Crippen molar-refractivity contribution in [2.45, 2.75) is 53.2 Å². The maximum absolute atomic E-state index is 12.6. The van der Waals surface area contributed by atoms with Gasteiger partial charge >= 0.3 is 5.97 Å². The van der Waals surface area contributed by atoms with Crippen LogP contribution in [0.1, 0.15) is 46.6 Å². The van der Waals surface area contributed by atoms with Crippen molar-refractivity contribution in [3.8, 4) is 11.5 Å². The molecular formula is C21H27NO6S. The highest BCUT2D eigenvalue weighted by molar-refractivity contribution is 8.18. The van der Waals surface area contributed by atoms with Crippen LogP contribution in [0.3, 0.4) is 0 Å². The summed E-state index contributed by atoms with van der Waals surface area (Å²) < 4.78 is 16.5. The fourth-order valence-corrected chi connectivity index (χ4v) is 3.34. The van der Waals surface area contributed by atoms with E-state index in [9.17, 15) is 14.4 Å². The number of imide groups is 1. The number of hydrogen-bond acceptors (Lipinski definition) is 7. The van der Waals surface area contributed by atoms with Crippen LogP contribution >= 0.6 is 11.8 Å². The molecule has 1 aromatic rings. The molecule has 7 nitrogen and oxygen atoms in total. The number of benzene rings is 1. The van der Waals surface area contributed by atoms with Crippen LogP contribution in [0.2, 0.25) is 0 Å². The second-order valence-electron chi connectivity index (χ2n) is 6.78. The average molecular weight is 422 g/mol. The van der Waals surface area contributed by atoms with E-state index in [1.54, 1.807) is 38.1 Å². The Bertz CT molecular complexity index is 804. The zero-order valence-corrected chi connectivity index (χ0v) is 18.2. The molecule has 0 N–H and O–H groups in total. The van der Waals surface area contributed by atoms with Gasteiger partial charge < -0.3 is 14.2 Å². The molecule has 1 aromatic carbocycles. The zero-order valence-electron chi connectivity index (χ0n) is 17.4. The van der Waals surface area contributed by atoms with Crippen molar-refractivity contribution in [3.63, 3.8) is 0 Å². The lowest BCUT2D eigenvalue weighted by molar-refractivity contribution is -0.149. The van der Waals surface area contributed by atoms with Crippen molar-refractivity contribution in [2.24, 2.45) is 0 Å². The van der Waals surface area contributed by atoms with Gasteiger partial charge in [0.15, 0.2) is 11.5 Å². The third-order valence-corrected chi connectivity index (χ3v) is 4.90. The number of amides is 2. The quantitative estimate of drug-likeness (QED) is 0.435. The number of hydrogen-bond donors (Lipinski definition) is 0. The molecule has 158 valence electrons. The average Bonchev–Trinajstić information content (AvgIpc) is 2.90. The molecular weight excluding hydrogens is 394 g/mol. The molecule has 1 fully saturated rings. The summed E-state index contributed by atoms with van der Waals surface area (Å²) in [5.74, 6) is 0.0662. The first kappa shape index (κ1) is 22.8. The van der Waals surface area contributed by atoms with Crippen molar-refractivity contribution in [1.82, 2.24) is 4.90 Å². The van der Waals surface area contributed by atoms with Crippen LogP contribution in [-0.2, 0) is 14.3 Å². The van der Waals surface area contributed by atoms with E-state index >= 15 is 0 Å². The summed E-state index contributed by atoms with van der Waals surface area (Å²) in [4.78, 5) is 37.7. The molecule has 2 amide bonds. The third-order valence-electron chi connectivity index (χ3n) is 4.00. The summed E-state index contributed by atoms with van der Waals surface area (Å²) in [5, 5.41) is -0.497. The first-order chi connectivity index (χ1) is 13.7. The Balaban J connectivity index is 2.20. The molecule has 1 atom stereocenters. The molecule has 0 bridgehead atoms. The Morgan fingerprint density at radius 1 is 1.17 bits per heavy atom. The maximum atomic E-state index is 12.6. The molecule has 1 saturated heterocycles. The minimum Gasteiger partial charge on any atom is -0.490 e. The molecule has 0 spiro atoms. The topological polar surface area (TPSA) is 82.1 Å². The minimum atomic E-state index is -0.617. The van der Waals surface area contributed by atoms with Crippen molar-refractivity contribution >= 4 is 35.0 Å². The van der Waals surface area contributed by atoms with Crippen molar-refractivity contribution in [3.05, 3.63) is 28.7 Å². The smallest absolute Gasteiger partial charge is 0.326 e. The monoisotopic (exact) mass is 421 g/mol. The molecule has 1 aliphatic rings. The van der Waals surface area contributed by atoms with E-state index in [1.807, 2.05) is 20.8 Å². The van der Waals surface area contributed by atoms with Crippen LogP contribution in [0.4, 0.5) is 4.79 Å². The number of esters is 1. The minimum absolute atomic E-state index is 0.0437. The molecule has 0 saturated carbocycles. The lowest BCUT2D eigenvalue weighted by Gasteiger charge is -2.16. The van der Waals surface area contributed by atoms with Gasteiger partial charge in [-0.1, -0.05) is 13.0 Å². The van der Waals surface area contributed by atoms with Gasteiger partial charge in [0.1, 0.15) is 6.54 Å². The first-order valence-corrected chi connectivity index (χ1v) is 10.4. The van der Waals surface area contributed by atoms with Crippen LogP contribution in [0.5, 0.6) is 11.5 Å². The molecule has 0 radical (unpaired) electrons. The first-order valence-electron chi connectivity index (χ1n) is 9.63. The van der Waals surface area contributed by atoms with Crippen LogP contribution in [0.15, 0.2) is 23.1 Å². The van der Waals surface area contributed by atoms with E-state index in [0.717, 1.165) is 23.1 Å². The van der Waals surface area contributed by atoms with Gasteiger partial charge in [-0.2, -0.15) is 0 Å². The third kappa shape index (κ3) is 6.25. The van der Waals surface area contributed by atoms with Crippen LogP contribution in [-0.4, -0.2) is 47.4 Å². The van der Waals surface area contributed by atoms with Gasteiger partial charge in [0, 0.05) is 0 Å². The van der Waals surface area contributed by atoms with Crippen molar-refractivity contribution in [1.29, 1.82) is 0 Å². The summed E-state index contributed by atoms with van der Waals surface area (Å²) in [6.45, 7) is 9.37. The van der Waals surface area contributed by atoms with E-state index in [2.05, 4.69) is 0 Å². The van der Waals surface area contributed by atoms with Gasteiger partial charge in [0.25, 0.3) is 11.1 Å². The highest BCUT2D eigenvalue weighted by atomic mass is 32.2. The van der Waals surface area contributed by atoms with Gasteiger partial charge in [-0.3, -0.25) is 19.3 Å². The summed E-state index contributed by atoms with van der Waals surface area (Å²) >= 11 is 0.794. The Morgan fingerprint density at radius 3 is 2.52 bits per heavy atom. The molecule has 1 aliphatic heterocycles. The molecule has 2 rings (SSSR count). The lowest BCUT2D eigenvalue weighted by Crippen LogP contribution is -2.35. The summed E-state index contributed by atoms with van der Waals surface area (Å²) in [5.41, 5.74) is 0.695. The largest absolute Gasteiger partial charge is 0.490 e. The van der Waals surface area contributed by atoms with E-state index in [-0.39, 0.29) is 17.1 Å². The van der Waals surface area contributed by atoms with Crippen molar-refractivity contribution in [2.75, 3.05) is 13.2 Å². The van der Waals surface area contributed by atoms with Gasteiger partial charge in [-0.15, -0.1) is 0 Å². The molecule has 0 aliphatic carbocycles. The number of ether oxygens (including phenoxy) is 3. The fourth-order valence-electron chi connectivity index (χ4n) is 2.50. The Kier molecular flexibility index (Phi) is 8.13. The molecule has 0 unspecified atom stereocenters. The summed E-state index contributed by atoms with van der Waals surface area (Å²) in [6.07, 6.45) is 2.20. The van der Waals surface area contributed by atoms with Gasteiger partial charge in [-0.05, 0) is 69.6 Å². The number of thioether (sulfide) groups is 1. The zero-order chi connectivity index (χ0) is 21.6. The predicted molar refractivity (Wildman–Crippen MR) is 112 cm³/mol. The molecule has 8 heteroatoms. The number of carbonyl (C=O) groups excluding carboxylic acids is 3. The highest BCUT2D eigenvalue weighted by Crippen LogP contribution is 2.35. The van der Waals surface area contributed by atoms with E-state index in [0.29, 0.717) is 23.7 Å². The lowest BCUT2D eigenvalue weighted by atomic mass is 10.1.